The number of hydrogen-bond donors (Lipinski definition) is 2. The minimum Gasteiger partial charge on any atom is -0.459 e. The molecule has 194 valence electrons. The summed E-state index contributed by atoms with van der Waals surface area (Å²) in [6, 6.07) is 22.6. The predicted molar refractivity (Wildman–Crippen MR) is 143 cm³/mol. The van der Waals surface area contributed by atoms with Gasteiger partial charge in [-0.15, -0.1) is 0 Å². The Morgan fingerprint density at radius 3 is 2.39 bits per heavy atom. The summed E-state index contributed by atoms with van der Waals surface area (Å²) >= 11 is 0. The van der Waals surface area contributed by atoms with Gasteiger partial charge in [0.15, 0.2) is 5.76 Å². The molecule has 9 heteroatoms. The lowest BCUT2D eigenvalue weighted by atomic mass is 10.1. The van der Waals surface area contributed by atoms with Crippen LogP contribution in [0, 0.1) is 0 Å². The normalized spacial score (nSPS) is 14.3. The van der Waals surface area contributed by atoms with Gasteiger partial charge in [0.1, 0.15) is 11.4 Å². The van der Waals surface area contributed by atoms with Crippen LogP contribution >= 0.6 is 0 Å². The first-order valence-electron chi connectivity index (χ1n) is 12.5. The summed E-state index contributed by atoms with van der Waals surface area (Å²) in [5, 5.41) is 10.5. The van der Waals surface area contributed by atoms with Crippen molar-refractivity contribution in [3.8, 4) is 16.9 Å². The Bertz CT molecular complexity index is 1380. The fourth-order valence-electron chi connectivity index (χ4n) is 4.18. The highest BCUT2D eigenvalue weighted by Gasteiger charge is 2.19. The van der Waals surface area contributed by atoms with E-state index < -0.39 is 11.8 Å². The molecule has 1 aliphatic rings. The maximum absolute atomic E-state index is 13.3. The lowest BCUT2D eigenvalue weighted by Gasteiger charge is -2.26. The van der Waals surface area contributed by atoms with E-state index in [-0.39, 0.29) is 11.5 Å². The van der Waals surface area contributed by atoms with Gasteiger partial charge in [-0.3, -0.25) is 14.5 Å². The van der Waals surface area contributed by atoms with Crippen molar-refractivity contribution >= 4 is 17.9 Å². The molecule has 2 aromatic carbocycles. The van der Waals surface area contributed by atoms with Crippen molar-refractivity contribution in [1.82, 2.24) is 25.3 Å². The van der Waals surface area contributed by atoms with Crippen molar-refractivity contribution in [2.24, 2.45) is 0 Å². The Labute approximate surface area is 220 Å². The Morgan fingerprint density at radius 1 is 0.947 bits per heavy atom. The van der Waals surface area contributed by atoms with E-state index in [0.29, 0.717) is 37.6 Å². The molecule has 0 spiro atoms. The lowest BCUT2D eigenvalue weighted by molar-refractivity contribution is -0.117. The maximum atomic E-state index is 13.3. The number of furan rings is 1. The summed E-state index contributed by atoms with van der Waals surface area (Å²) in [7, 11) is 0. The second-order valence-electron chi connectivity index (χ2n) is 8.78. The molecule has 1 aliphatic heterocycles. The highest BCUT2D eigenvalue weighted by atomic mass is 16.5. The number of carbonyl (C=O) groups excluding carboxylic acids is 2. The molecule has 0 aliphatic carbocycles. The van der Waals surface area contributed by atoms with Crippen LogP contribution in [0.2, 0.25) is 0 Å². The van der Waals surface area contributed by atoms with Crippen LogP contribution in [0.1, 0.15) is 16.1 Å². The van der Waals surface area contributed by atoms with Crippen molar-refractivity contribution in [2.75, 3.05) is 39.4 Å². The third-order valence-corrected chi connectivity index (χ3v) is 6.17. The Morgan fingerprint density at radius 2 is 1.68 bits per heavy atom. The van der Waals surface area contributed by atoms with Crippen LogP contribution in [-0.4, -0.2) is 65.9 Å². The molecule has 0 bridgehead atoms. The van der Waals surface area contributed by atoms with E-state index in [1.807, 2.05) is 66.9 Å². The van der Waals surface area contributed by atoms with Gasteiger partial charge in [-0.25, -0.2) is 4.68 Å². The SMILES string of the molecule is O=C(NCCN1CCOCC1)/C(=C/c1cn(-c2ccccc2)nc1-c1ccccc1)NC(=O)c1ccco1. The molecule has 9 nitrogen and oxygen atoms in total. The topological polar surface area (TPSA) is 102 Å². The molecule has 0 atom stereocenters. The van der Waals surface area contributed by atoms with Crippen LogP contribution in [-0.2, 0) is 9.53 Å². The Balaban J connectivity index is 1.46. The molecule has 2 amide bonds. The van der Waals surface area contributed by atoms with Crippen molar-refractivity contribution in [1.29, 1.82) is 0 Å². The summed E-state index contributed by atoms with van der Waals surface area (Å²) < 4.78 is 12.4. The standard InChI is InChI=1S/C29H29N5O4/c35-28(30-13-14-33-15-18-37-19-16-33)25(31-29(36)26-12-7-17-38-26)20-23-21-34(24-10-5-2-6-11-24)32-27(23)22-8-3-1-4-9-22/h1-12,17,20-21H,13-16,18-19H2,(H,30,35)(H,31,36)/b25-20-. The van der Waals surface area contributed by atoms with Gasteiger partial charge in [-0.05, 0) is 30.3 Å². The molecule has 3 heterocycles. The van der Waals surface area contributed by atoms with Gasteiger partial charge in [-0.1, -0.05) is 48.5 Å². The van der Waals surface area contributed by atoms with Crippen molar-refractivity contribution in [2.45, 2.75) is 0 Å². The van der Waals surface area contributed by atoms with E-state index >= 15 is 0 Å². The van der Waals surface area contributed by atoms with E-state index in [4.69, 9.17) is 14.3 Å². The molecule has 2 N–H and O–H groups in total. The van der Waals surface area contributed by atoms with E-state index in [0.717, 1.165) is 24.3 Å². The third kappa shape index (κ3) is 6.26. The second kappa shape index (κ2) is 12.2. The number of nitrogens with one attached hydrogen (secondary N) is 2. The molecule has 1 fully saturated rings. The average Bonchev–Trinajstić information content (AvgIpc) is 3.65. The summed E-state index contributed by atoms with van der Waals surface area (Å²) in [6.07, 6.45) is 4.91. The van der Waals surface area contributed by atoms with Gasteiger partial charge in [-0.2, -0.15) is 5.10 Å². The van der Waals surface area contributed by atoms with Gasteiger partial charge in [0.05, 0.1) is 25.2 Å². The quantitative estimate of drug-likeness (QED) is 0.334. The number of morpholine rings is 1. The molecule has 38 heavy (non-hydrogen) atoms. The number of benzene rings is 2. The number of amides is 2. The zero-order valence-electron chi connectivity index (χ0n) is 20.9. The number of hydrogen-bond acceptors (Lipinski definition) is 6. The summed E-state index contributed by atoms with van der Waals surface area (Å²) in [6.45, 7) is 4.15. The number of carbonyl (C=O) groups is 2. The van der Waals surface area contributed by atoms with Crippen LogP contribution in [0.25, 0.3) is 23.0 Å². The highest BCUT2D eigenvalue weighted by Crippen LogP contribution is 2.25. The summed E-state index contributed by atoms with van der Waals surface area (Å²) in [5.41, 5.74) is 3.22. The van der Waals surface area contributed by atoms with Crippen molar-refractivity contribution < 1.29 is 18.7 Å². The van der Waals surface area contributed by atoms with Crippen LogP contribution in [0.15, 0.2) is 95.4 Å². The van der Waals surface area contributed by atoms with Gasteiger partial charge < -0.3 is 19.8 Å². The maximum Gasteiger partial charge on any atom is 0.291 e. The van der Waals surface area contributed by atoms with Crippen molar-refractivity contribution in [3.05, 3.63) is 102 Å². The molecule has 0 unspecified atom stereocenters. The van der Waals surface area contributed by atoms with Crippen molar-refractivity contribution in [3.63, 3.8) is 0 Å². The van der Waals surface area contributed by atoms with Crippen LogP contribution in [0.5, 0.6) is 0 Å². The first-order chi connectivity index (χ1) is 18.7. The van der Waals surface area contributed by atoms with Crippen LogP contribution < -0.4 is 10.6 Å². The number of rotatable bonds is 9. The number of para-hydroxylation sites is 1. The fourth-order valence-corrected chi connectivity index (χ4v) is 4.18. The molecule has 0 radical (unpaired) electrons. The molecular weight excluding hydrogens is 482 g/mol. The number of aromatic nitrogens is 2. The highest BCUT2D eigenvalue weighted by molar-refractivity contribution is 6.04. The van der Waals surface area contributed by atoms with Gasteiger partial charge >= 0.3 is 0 Å². The molecule has 1 saturated heterocycles. The third-order valence-electron chi connectivity index (χ3n) is 6.17. The van der Waals surface area contributed by atoms with Gasteiger partial charge in [0.25, 0.3) is 11.8 Å². The molecule has 4 aromatic rings. The average molecular weight is 512 g/mol. The number of ether oxygens (including phenoxy) is 1. The zero-order valence-corrected chi connectivity index (χ0v) is 20.9. The fraction of sp³-hybridized carbons (Fsp3) is 0.207. The summed E-state index contributed by atoms with van der Waals surface area (Å²) in [5.74, 6) is -0.800. The summed E-state index contributed by atoms with van der Waals surface area (Å²) in [4.78, 5) is 28.4. The predicted octanol–water partition coefficient (Wildman–Crippen LogP) is 3.35. The van der Waals surface area contributed by atoms with Gasteiger partial charge in [0, 0.05) is 43.5 Å². The van der Waals surface area contributed by atoms with E-state index in [9.17, 15) is 9.59 Å². The minimum absolute atomic E-state index is 0.0955. The van der Waals surface area contributed by atoms with E-state index in [1.165, 1.54) is 6.26 Å². The van der Waals surface area contributed by atoms with Gasteiger partial charge in [0.2, 0.25) is 0 Å². The van der Waals surface area contributed by atoms with E-state index in [1.54, 1.807) is 22.9 Å². The largest absolute Gasteiger partial charge is 0.459 e. The molecule has 0 saturated carbocycles. The monoisotopic (exact) mass is 511 g/mol. The van der Waals surface area contributed by atoms with E-state index in [2.05, 4.69) is 15.5 Å². The molecule has 2 aromatic heterocycles. The zero-order chi connectivity index (χ0) is 26.2. The first kappa shape index (κ1) is 25.2. The lowest BCUT2D eigenvalue weighted by Crippen LogP contribution is -2.42. The minimum atomic E-state index is -0.513. The Kier molecular flexibility index (Phi) is 8.07. The second-order valence-corrected chi connectivity index (χ2v) is 8.78. The Hall–Kier alpha value is -4.47. The van der Waals surface area contributed by atoms with Crippen LogP contribution in [0.3, 0.4) is 0 Å². The first-order valence-corrected chi connectivity index (χ1v) is 12.5. The smallest absolute Gasteiger partial charge is 0.291 e. The number of nitrogens with zero attached hydrogens (tertiary/aromatic N) is 3. The molecular formula is C29H29N5O4. The van der Waals surface area contributed by atoms with Crippen LogP contribution in [0.4, 0.5) is 0 Å². The molecule has 5 rings (SSSR count).